The molecular weight excluding hydrogens is 354 g/mol. The lowest BCUT2D eigenvalue weighted by atomic mass is 10.1. The molecule has 28 heavy (non-hydrogen) atoms. The van der Waals surface area contributed by atoms with Gasteiger partial charge >= 0.3 is 0 Å². The Bertz CT molecular complexity index is 1200. The van der Waals surface area contributed by atoms with Gasteiger partial charge in [0.05, 0.1) is 24.9 Å². The molecule has 0 aliphatic heterocycles. The zero-order valence-corrected chi connectivity index (χ0v) is 16.1. The summed E-state index contributed by atoms with van der Waals surface area (Å²) in [6.07, 6.45) is 6.10. The van der Waals surface area contributed by atoms with E-state index in [9.17, 15) is 0 Å². The number of methoxy groups -OCH3 is 1. The molecular formula is C21H21N5O2. The van der Waals surface area contributed by atoms with Crippen LogP contribution in [0.1, 0.15) is 24.1 Å². The molecule has 0 spiro atoms. The van der Waals surface area contributed by atoms with Crippen LogP contribution in [0.25, 0.3) is 28.1 Å². The lowest BCUT2D eigenvalue weighted by Crippen LogP contribution is -2.03. The van der Waals surface area contributed by atoms with Crippen molar-refractivity contribution < 1.29 is 9.47 Å². The van der Waals surface area contributed by atoms with Crippen LogP contribution in [0.5, 0.6) is 11.5 Å². The third kappa shape index (κ3) is 2.74. The van der Waals surface area contributed by atoms with Gasteiger partial charge in [-0.05, 0) is 44.2 Å². The summed E-state index contributed by atoms with van der Waals surface area (Å²) in [6, 6.07) is 5.86. The molecule has 0 saturated heterocycles. The third-order valence-corrected chi connectivity index (χ3v) is 5.20. The highest BCUT2D eigenvalue weighted by Crippen LogP contribution is 2.35. The number of pyridine rings is 1. The number of imidazole rings is 1. The Labute approximate surface area is 162 Å². The van der Waals surface area contributed by atoms with E-state index in [4.69, 9.17) is 14.5 Å². The second kappa shape index (κ2) is 6.44. The van der Waals surface area contributed by atoms with E-state index < -0.39 is 0 Å². The van der Waals surface area contributed by atoms with Gasteiger partial charge in [-0.25, -0.2) is 4.98 Å². The van der Waals surface area contributed by atoms with Crippen LogP contribution in [0.2, 0.25) is 0 Å². The highest BCUT2D eigenvalue weighted by molar-refractivity contribution is 5.87. The molecule has 7 heteroatoms. The van der Waals surface area contributed by atoms with E-state index in [2.05, 4.69) is 15.2 Å². The predicted octanol–water partition coefficient (Wildman–Crippen LogP) is 3.75. The molecule has 0 amide bonds. The number of aryl methyl sites for hydroxylation is 2. The van der Waals surface area contributed by atoms with Gasteiger partial charge in [-0.15, -0.1) is 10.2 Å². The number of hydrogen-bond donors (Lipinski definition) is 0. The van der Waals surface area contributed by atoms with Crippen LogP contribution in [0, 0.1) is 19.8 Å². The van der Waals surface area contributed by atoms with Crippen LogP contribution in [0.3, 0.4) is 0 Å². The fraction of sp³-hybridized carbons (Fsp3) is 0.333. The van der Waals surface area contributed by atoms with Crippen molar-refractivity contribution in [2.75, 3.05) is 13.7 Å². The lowest BCUT2D eigenvalue weighted by Gasteiger charge is -2.12. The number of rotatable bonds is 5. The first kappa shape index (κ1) is 16.9. The minimum Gasteiger partial charge on any atom is -0.494 e. The summed E-state index contributed by atoms with van der Waals surface area (Å²) in [5.74, 6) is 2.90. The third-order valence-electron chi connectivity index (χ3n) is 5.20. The van der Waals surface area contributed by atoms with E-state index in [1.807, 2.05) is 42.6 Å². The van der Waals surface area contributed by atoms with Gasteiger partial charge < -0.3 is 9.47 Å². The first-order valence-corrected chi connectivity index (χ1v) is 9.43. The summed E-state index contributed by atoms with van der Waals surface area (Å²) in [6.45, 7) is 4.70. The fourth-order valence-electron chi connectivity index (χ4n) is 3.45. The van der Waals surface area contributed by atoms with Crippen LogP contribution in [0.4, 0.5) is 0 Å². The SMILES string of the molecule is COc1cc(OCC2CC2)cc2c1nnc1c(C)nc(-c3ccncc3C)n12. The molecule has 1 aromatic carbocycles. The van der Waals surface area contributed by atoms with E-state index in [0.717, 1.165) is 46.2 Å². The van der Waals surface area contributed by atoms with E-state index in [-0.39, 0.29) is 0 Å². The van der Waals surface area contributed by atoms with Crippen molar-refractivity contribution in [3.63, 3.8) is 0 Å². The second-order valence-electron chi connectivity index (χ2n) is 7.32. The van der Waals surface area contributed by atoms with E-state index in [1.165, 1.54) is 12.8 Å². The molecule has 0 unspecified atom stereocenters. The Morgan fingerprint density at radius 2 is 2.04 bits per heavy atom. The molecule has 0 atom stereocenters. The average molecular weight is 375 g/mol. The van der Waals surface area contributed by atoms with Crippen molar-refractivity contribution in [1.82, 2.24) is 24.6 Å². The number of aromatic nitrogens is 5. The van der Waals surface area contributed by atoms with Gasteiger partial charge in [0.15, 0.2) is 16.9 Å². The zero-order valence-electron chi connectivity index (χ0n) is 16.1. The Kier molecular flexibility index (Phi) is 3.89. The lowest BCUT2D eigenvalue weighted by molar-refractivity contribution is 0.298. The minimum absolute atomic E-state index is 0.640. The highest BCUT2D eigenvalue weighted by Gasteiger charge is 2.23. The number of nitrogens with zero attached hydrogens (tertiary/aromatic N) is 5. The molecule has 0 bridgehead atoms. The number of fused-ring (bicyclic) bond motifs is 3. The molecule has 1 fully saturated rings. The van der Waals surface area contributed by atoms with Crippen molar-refractivity contribution in [3.05, 3.63) is 41.9 Å². The maximum absolute atomic E-state index is 6.03. The van der Waals surface area contributed by atoms with Crippen LogP contribution >= 0.6 is 0 Å². The summed E-state index contributed by atoms with van der Waals surface area (Å²) < 4.78 is 13.7. The van der Waals surface area contributed by atoms with Gasteiger partial charge in [-0.1, -0.05) is 0 Å². The fourth-order valence-corrected chi connectivity index (χ4v) is 3.45. The van der Waals surface area contributed by atoms with Gasteiger partial charge in [0.1, 0.15) is 11.6 Å². The molecule has 0 N–H and O–H groups in total. The van der Waals surface area contributed by atoms with Crippen molar-refractivity contribution in [1.29, 1.82) is 0 Å². The summed E-state index contributed by atoms with van der Waals surface area (Å²) in [5.41, 5.74) is 5.15. The van der Waals surface area contributed by atoms with Gasteiger partial charge in [0.25, 0.3) is 0 Å². The van der Waals surface area contributed by atoms with Gasteiger partial charge in [0.2, 0.25) is 0 Å². The molecule has 1 saturated carbocycles. The Morgan fingerprint density at radius 3 is 2.79 bits per heavy atom. The van der Waals surface area contributed by atoms with Crippen molar-refractivity contribution >= 4 is 16.7 Å². The molecule has 7 nitrogen and oxygen atoms in total. The predicted molar refractivity (Wildman–Crippen MR) is 106 cm³/mol. The summed E-state index contributed by atoms with van der Waals surface area (Å²) >= 11 is 0. The first-order valence-electron chi connectivity index (χ1n) is 9.43. The van der Waals surface area contributed by atoms with Crippen molar-refractivity contribution in [3.8, 4) is 22.9 Å². The van der Waals surface area contributed by atoms with Crippen LogP contribution in [-0.4, -0.2) is 38.3 Å². The van der Waals surface area contributed by atoms with Gasteiger partial charge in [0, 0.05) is 30.1 Å². The van der Waals surface area contributed by atoms with E-state index in [1.54, 1.807) is 13.3 Å². The Hall–Kier alpha value is -3.22. The summed E-state index contributed by atoms with van der Waals surface area (Å²) in [5, 5.41) is 8.84. The molecule has 4 aromatic rings. The molecule has 3 aromatic heterocycles. The average Bonchev–Trinajstić information content (AvgIpc) is 3.48. The van der Waals surface area contributed by atoms with Crippen LogP contribution < -0.4 is 9.47 Å². The number of hydrogen-bond acceptors (Lipinski definition) is 6. The molecule has 0 radical (unpaired) electrons. The van der Waals surface area contributed by atoms with Crippen LogP contribution in [0.15, 0.2) is 30.6 Å². The first-order chi connectivity index (χ1) is 13.7. The molecule has 142 valence electrons. The standard InChI is InChI=1S/C21H21N5O2/c1-12-10-22-7-6-16(12)21-23-13(2)20-25-24-19-17(26(20)21)8-15(9-18(19)27-3)28-11-14-4-5-14/h6-10,14H,4-5,11H2,1-3H3. The summed E-state index contributed by atoms with van der Waals surface area (Å²) in [4.78, 5) is 8.99. The van der Waals surface area contributed by atoms with Crippen molar-refractivity contribution in [2.24, 2.45) is 5.92 Å². The molecule has 3 heterocycles. The molecule has 1 aliphatic rings. The van der Waals surface area contributed by atoms with Gasteiger partial charge in [-0.2, -0.15) is 0 Å². The van der Waals surface area contributed by atoms with E-state index >= 15 is 0 Å². The quantitative estimate of drug-likeness (QED) is 0.529. The van der Waals surface area contributed by atoms with E-state index in [0.29, 0.717) is 17.2 Å². The maximum Gasteiger partial charge on any atom is 0.183 e. The Morgan fingerprint density at radius 1 is 1.18 bits per heavy atom. The van der Waals surface area contributed by atoms with Crippen molar-refractivity contribution in [2.45, 2.75) is 26.7 Å². The highest BCUT2D eigenvalue weighted by atomic mass is 16.5. The maximum atomic E-state index is 6.03. The Balaban J connectivity index is 1.79. The topological polar surface area (TPSA) is 74.4 Å². The summed E-state index contributed by atoms with van der Waals surface area (Å²) in [7, 11) is 1.64. The molecule has 1 aliphatic carbocycles. The number of ether oxygens (including phenoxy) is 2. The molecule has 5 rings (SSSR count). The van der Waals surface area contributed by atoms with Crippen LogP contribution in [-0.2, 0) is 0 Å². The number of benzene rings is 1. The minimum atomic E-state index is 0.640. The monoisotopic (exact) mass is 375 g/mol. The van der Waals surface area contributed by atoms with Gasteiger partial charge in [-0.3, -0.25) is 9.38 Å². The smallest absolute Gasteiger partial charge is 0.183 e. The normalized spacial score (nSPS) is 14.0. The zero-order chi connectivity index (χ0) is 19.3. The second-order valence-corrected chi connectivity index (χ2v) is 7.32. The largest absolute Gasteiger partial charge is 0.494 e.